The van der Waals surface area contributed by atoms with Crippen molar-refractivity contribution in [2.75, 3.05) is 18.6 Å². The number of nitrogens with zero attached hydrogens (tertiary/aromatic N) is 1. The molecule has 2 rings (SSSR count). The van der Waals surface area contributed by atoms with Crippen LogP contribution in [-0.2, 0) is 4.79 Å². The van der Waals surface area contributed by atoms with Crippen molar-refractivity contribution in [3.8, 4) is 0 Å². The maximum absolute atomic E-state index is 12.4. The molecule has 3 atom stereocenters. The minimum Gasteiger partial charge on any atom is -0.321 e. The average molecular weight is 292 g/mol. The summed E-state index contributed by atoms with van der Waals surface area (Å²) in [5.41, 5.74) is 2.41. The van der Waals surface area contributed by atoms with Crippen LogP contribution in [0, 0.1) is 12.8 Å². The molecular weight excluding hydrogens is 268 g/mol. The van der Waals surface area contributed by atoms with Crippen LogP contribution in [0.1, 0.15) is 31.1 Å². The van der Waals surface area contributed by atoms with Gasteiger partial charge < -0.3 is 4.90 Å². The largest absolute Gasteiger partial charge is 0.321 e. The van der Waals surface area contributed by atoms with Gasteiger partial charge in [0.05, 0.1) is 6.04 Å². The molecule has 1 saturated heterocycles. The molecule has 0 saturated carbocycles. The summed E-state index contributed by atoms with van der Waals surface area (Å²) in [5.74, 6) is 1.80. The summed E-state index contributed by atoms with van der Waals surface area (Å²) >= 11 is 1.84. The molecule has 0 aromatic heterocycles. The van der Waals surface area contributed by atoms with Crippen molar-refractivity contribution in [2.45, 2.75) is 33.0 Å². The van der Waals surface area contributed by atoms with Crippen molar-refractivity contribution in [3.63, 3.8) is 0 Å². The Morgan fingerprint density at radius 3 is 2.60 bits per heavy atom. The Bertz CT molecular complexity index is 460. The van der Waals surface area contributed by atoms with Crippen LogP contribution in [0.4, 0.5) is 0 Å². The van der Waals surface area contributed by atoms with E-state index < -0.39 is 0 Å². The van der Waals surface area contributed by atoms with Crippen LogP contribution in [0.2, 0.25) is 0 Å². The third kappa shape index (κ3) is 3.36. The second-order valence-electron chi connectivity index (χ2n) is 5.75. The third-order valence-electron chi connectivity index (χ3n) is 3.73. The Labute approximate surface area is 126 Å². The number of carbonyl (C=O) groups excluding carboxylic acids is 1. The van der Waals surface area contributed by atoms with Gasteiger partial charge in [0.2, 0.25) is 5.91 Å². The van der Waals surface area contributed by atoms with Crippen LogP contribution in [0.5, 0.6) is 0 Å². The van der Waals surface area contributed by atoms with E-state index in [9.17, 15) is 4.79 Å². The van der Waals surface area contributed by atoms with E-state index in [1.165, 1.54) is 11.1 Å². The summed E-state index contributed by atoms with van der Waals surface area (Å²) in [5, 5.41) is 3.41. The van der Waals surface area contributed by atoms with E-state index in [0.717, 1.165) is 12.3 Å². The number of amides is 1. The van der Waals surface area contributed by atoms with Crippen molar-refractivity contribution < 1.29 is 4.79 Å². The number of hydrogen-bond acceptors (Lipinski definition) is 3. The average Bonchev–Trinajstić information content (AvgIpc) is 2.68. The Morgan fingerprint density at radius 2 is 2.00 bits per heavy atom. The maximum Gasteiger partial charge on any atom is 0.241 e. The zero-order valence-corrected chi connectivity index (χ0v) is 13.5. The third-order valence-corrected chi connectivity index (χ3v) is 4.63. The molecule has 1 aromatic rings. The second-order valence-corrected chi connectivity index (χ2v) is 6.66. The first kappa shape index (κ1) is 15.4. The molecular formula is C16H24N2OS. The summed E-state index contributed by atoms with van der Waals surface area (Å²) in [6, 6.07) is 8.35. The molecule has 0 radical (unpaired) electrons. The molecule has 110 valence electrons. The van der Waals surface area contributed by atoms with Gasteiger partial charge in [-0.3, -0.25) is 10.1 Å². The summed E-state index contributed by atoms with van der Waals surface area (Å²) in [7, 11) is 0. The Kier molecular flexibility index (Phi) is 5.11. The summed E-state index contributed by atoms with van der Waals surface area (Å²) < 4.78 is 0. The van der Waals surface area contributed by atoms with E-state index in [4.69, 9.17) is 0 Å². The number of nitrogens with one attached hydrogen (secondary N) is 1. The lowest BCUT2D eigenvalue weighted by Gasteiger charge is -2.27. The van der Waals surface area contributed by atoms with E-state index in [0.29, 0.717) is 5.92 Å². The SMILES string of the molecule is CSCC(C)CN1C(=O)C(C)NC1c1ccc(C)cc1. The molecule has 1 amide bonds. The van der Waals surface area contributed by atoms with E-state index in [1.54, 1.807) is 0 Å². The first-order chi connectivity index (χ1) is 9.52. The van der Waals surface area contributed by atoms with Gasteiger partial charge in [-0.15, -0.1) is 0 Å². The van der Waals surface area contributed by atoms with E-state index in [1.807, 2.05) is 23.6 Å². The van der Waals surface area contributed by atoms with Gasteiger partial charge in [0, 0.05) is 6.54 Å². The summed E-state index contributed by atoms with van der Waals surface area (Å²) in [6.07, 6.45) is 2.13. The fourth-order valence-corrected chi connectivity index (χ4v) is 3.34. The highest BCUT2D eigenvalue weighted by Crippen LogP contribution is 2.27. The predicted octanol–water partition coefficient (Wildman–Crippen LogP) is 2.81. The van der Waals surface area contributed by atoms with E-state index in [-0.39, 0.29) is 18.1 Å². The van der Waals surface area contributed by atoms with Gasteiger partial charge in [-0.2, -0.15) is 11.8 Å². The lowest BCUT2D eigenvalue weighted by molar-refractivity contribution is -0.130. The molecule has 0 spiro atoms. The zero-order valence-electron chi connectivity index (χ0n) is 12.7. The van der Waals surface area contributed by atoms with Gasteiger partial charge in [-0.05, 0) is 37.3 Å². The lowest BCUT2D eigenvalue weighted by Crippen LogP contribution is -2.35. The monoisotopic (exact) mass is 292 g/mol. The highest BCUT2D eigenvalue weighted by Gasteiger charge is 2.37. The van der Waals surface area contributed by atoms with Gasteiger partial charge >= 0.3 is 0 Å². The van der Waals surface area contributed by atoms with Gasteiger partial charge in [-0.1, -0.05) is 36.8 Å². The Hall–Kier alpha value is -1.00. The number of rotatable bonds is 5. The van der Waals surface area contributed by atoms with Crippen LogP contribution >= 0.6 is 11.8 Å². The Balaban J connectivity index is 2.17. The molecule has 1 aromatic carbocycles. The van der Waals surface area contributed by atoms with E-state index in [2.05, 4.69) is 49.7 Å². The molecule has 20 heavy (non-hydrogen) atoms. The lowest BCUT2D eigenvalue weighted by atomic mass is 10.1. The topological polar surface area (TPSA) is 32.3 Å². The fraction of sp³-hybridized carbons (Fsp3) is 0.562. The number of hydrogen-bond donors (Lipinski definition) is 1. The second kappa shape index (κ2) is 6.64. The molecule has 1 aliphatic rings. The predicted molar refractivity (Wildman–Crippen MR) is 85.8 cm³/mol. The molecule has 1 aliphatic heterocycles. The van der Waals surface area contributed by atoms with Crippen LogP contribution in [0.25, 0.3) is 0 Å². The van der Waals surface area contributed by atoms with Gasteiger partial charge in [0.25, 0.3) is 0 Å². The summed E-state index contributed by atoms with van der Waals surface area (Å²) in [4.78, 5) is 14.3. The van der Waals surface area contributed by atoms with Crippen molar-refractivity contribution in [2.24, 2.45) is 5.92 Å². The molecule has 3 unspecified atom stereocenters. The minimum absolute atomic E-state index is 0.0161. The van der Waals surface area contributed by atoms with Crippen molar-refractivity contribution >= 4 is 17.7 Å². The van der Waals surface area contributed by atoms with Crippen LogP contribution < -0.4 is 5.32 Å². The van der Waals surface area contributed by atoms with Crippen molar-refractivity contribution in [3.05, 3.63) is 35.4 Å². The molecule has 4 heteroatoms. The molecule has 1 N–H and O–H groups in total. The normalized spacial score (nSPS) is 24.2. The molecule has 1 fully saturated rings. The van der Waals surface area contributed by atoms with E-state index >= 15 is 0 Å². The standard InChI is InChI=1S/C16H24N2OS/c1-11-5-7-14(8-6-11)15-17-13(3)16(19)18(15)9-12(2)10-20-4/h5-8,12-13,15,17H,9-10H2,1-4H3. The minimum atomic E-state index is -0.0946. The number of carbonyl (C=O) groups is 1. The van der Waals surface area contributed by atoms with Crippen LogP contribution in [-0.4, -0.2) is 35.4 Å². The van der Waals surface area contributed by atoms with Crippen molar-refractivity contribution in [1.82, 2.24) is 10.2 Å². The van der Waals surface area contributed by atoms with Crippen LogP contribution in [0.3, 0.4) is 0 Å². The molecule has 0 aliphatic carbocycles. The van der Waals surface area contributed by atoms with Crippen molar-refractivity contribution in [1.29, 1.82) is 0 Å². The number of thioether (sulfide) groups is 1. The highest BCUT2D eigenvalue weighted by atomic mass is 32.2. The summed E-state index contributed by atoms with van der Waals surface area (Å²) in [6.45, 7) is 7.05. The van der Waals surface area contributed by atoms with Gasteiger partial charge in [0.1, 0.15) is 6.17 Å². The fourth-order valence-electron chi connectivity index (χ4n) is 2.67. The number of aryl methyl sites for hydroxylation is 1. The molecule has 3 nitrogen and oxygen atoms in total. The first-order valence-electron chi connectivity index (χ1n) is 7.15. The molecule has 1 heterocycles. The first-order valence-corrected chi connectivity index (χ1v) is 8.54. The Morgan fingerprint density at radius 1 is 1.35 bits per heavy atom. The van der Waals surface area contributed by atoms with Gasteiger partial charge in [-0.25, -0.2) is 0 Å². The van der Waals surface area contributed by atoms with Gasteiger partial charge in [0.15, 0.2) is 0 Å². The highest BCUT2D eigenvalue weighted by molar-refractivity contribution is 7.98. The smallest absolute Gasteiger partial charge is 0.241 e. The van der Waals surface area contributed by atoms with Crippen LogP contribution in [0.15, 0.2) is 24.3 Å². The maximum atomic E-state index is 12.4. The number of benzene rings is 1. The molecule has 0 bridgehead atoms. The zero-order chi connectivity index (χ0) is 14.7. The quantitative estimate of drug-likeness (QED) is 0.906.